The Morgan fingerprint density at radius 3 is 2.65 bits per heavy atom. The summed E-state index contributed by atoms with van der Waals surface area (Å²) in [5.41, 5.74) is 0.898. The molecule has 1 aliphatic rings. The summed E-state index contributed by atoms with van der Waals surface area (Å²) >= 11 is 0. The second-order valence-electron chi connectivity index (χ2n) is 4.38. The zero-order valence-electron chi connectivity index (χ0n) is 11.2. The Labute approximate surface area is 117 Å². The minimum absolute atomic E-state index is 0.674. The van der Waals surface area contributed by atoms with Gasteiger partial charge >= 0.3 is 0 Å². The van der Waals surface area contributed by atoms with Crippen LogP contribution in [0.1, 0.15) is 6.42 Å². The first-order valence-corrected chi connectivity index (χ1v) is 6.51. The minimum Gasteiger partial charge on any atom is -0.490 e. The third-order valence-corrected chi connectivity index (χ3v) is 2.94. The zero-order valence-corrected chi connectivity index (χ0v) is 11.2. The molecule has 6 heteroatoms. The second-order valence-corrected chi connectivity index (χ2v) is 4.38. The quantitative estimate of drug-likeness (QED) is 0.894. The van der Waals surface area contributed by atoms with E-state index in [0.717, 1.165) is 35.2 Å². The summed E-state index contributed by atoms with van der Waals surface area (Å²) in [7, 11) is 1.82. The Balaban J connectivity index is 1.82. The Morgan fingerprint density at radius 2 is 1.80 bits per heavy atom. The van der Waals surface area contributed by atoms with Gasteiger partial charge in [-0.25, -0.2) is 9.97 Å². The molecule has 0 amide bonds. The van der Waals surface area contributed by atoms with Crippen LogP contribution in [0.15, 0.2) is 30.6 Å². The Morgan fingerprint density at radius 1 is 1.00 bits per heavy atom. The molecule has 2 N–H and O–H groups in total. The molecule has 1 aliphatic heterocycles. The fourth-order valence-electron chi connectivity index (χ4n) is 1.95. The van der Waals surface area contributed by atoms with Crippen molar-refractivity contribution < 1.29 is 9.47 Å². The number of anilines is 3. The molecule has 0 aliphatic carbocycles. The maximum Gasteiger partial charge on any atom is 0.163 e. The van der Waals surface area contributed by atoms with Gasteiger partial charge in [0.05, 0.1) is 13.2 Å². The average molecular weight is 272 g/mol. The van der Waals surface area contributed by atoms with Crippen molar-refractivity contribution in [3.05, 3.63) is 30.6 Å². The van der Waals surface area contributed by atoms with Crippen LogP contribution >= 0.6 is 0 Å². The molecule has 104 valence electrons. The highest BCUT2D eigenvalue weighted by atomic mass is 16.5. The van der Waals surface area contributed by atoms with Crippen molar-refractivity contribution in [1.82, 2.24) is 9.97 Å². The van der Waals surface area contributed by atoms with E-state index in [1.165, 1.54) is 6.33 Å². The van der Waals surface area contributed by atoms with Crippen LogP contribution in [0.25, 0.3) is 0 Å². The van der Waals surface area contributed by atoms with Gasteiger partial charge in [0, 0.05) is 31.3 Å². The third kappa shape index (κ3) is 2.74. The van der Waals surface area contributed by atoms with E-state index in [1.54, 1.807) is 0 Å². The summed E-state index contributed by atoms with van der Waals surface area (Å²) < 4.78 is 11.3. The number of nitrogens with zero attached hydrogens (tertiary/aromatic N) is 2. The van der Waals surface area contributed by atoms with Gasteiger partial charge in [-0.1, -0.05) is 0 Å². The third-order valence-electron chi connectivity index (χ3n) is 2.94. The first-order chi connectivity index (χ1) is 9.85. The molecular formula is C14H16N4O2. The number of benzene rings is 1. The van der Waals surface area contributed by atoms with Crippen LogP contribution in [0, 0.1) is 0 Å². The summed E-state index contributed by atoms with van der Waals surface area (Å²) in [5.74, 6) is 3.03. The van der Waals surface area contributed by atoms with Crippen LogP contribution in [-0.2, 0) is 0 Å². The topological polar surface area (TPSA) is 68.3 Å². The molecule has 1 aromatic heterocycles. The van der Waals surface area contributed by atoms with E-state index in [1.807, 2.05) is 31.3 Å². The van der Waals surface area contributed by atoms with Crippen molar-refractivity contribution in [2.75, 3.05) is 30.9 Å². The van der Waals surface area contributed by atoms with Crippen molar-refractivity contribution in [1.29, 1.82) is 0 Å². The van der Waals surface area contributed by atoms with E-state index in [9.17, 15) is 0 Å². The van der Waals surface area contributed by atoms with E-state index in [0.29, 0.717) is 13.2 Å². The smallest absolute Gasteiger partial charge is 0.163 e. The van der Waals surface area contributed by atoms with Gasteiger partial charge in [0.2, 0.25) is 0 Å². The van der Waals surface area contributed by atoms with E-state index in [2.05, 4.69) is 20.6 Å². The number of nitrogens with one attached hydrogen (secondary N) is 2. The molecule has 0 bridgehead atoms. The normalized spacial score (nSPS) is 13.4. The van der Waals surface area contributed by atoms with Crippen LogP contribution in [0.3, 0.4) is 0 Å². The number of fused-ring (bicyclic) bond motifs is 1. The number of hydrogen-bond acceptors (Lipinski definition) is 6. The maximum absolute atomic E-state index is 5.66. The van der Waals surface area contributed by atoms with Crippen LogP contribution in [0.4, 0.5) is 17.3 Å². The SMILES string of the molecule is CNc1cc(Nc2ccc3c(c2)OCCCO3)ncn1. The molecule has 0 fully saturated rings. The van der Waals surface area contributed by atoms with Crippen molar-refractivity contribution in [3.63, 3.8) is 0 Å². The maximum atomic E-state index is 5.66. The lowest BCUT2D eigenvalue weighted by molar-refractivity contribution is 0.297. The lowest BCUT2D eigenvalue weighted by atomic mass is 10.2. The van der Waals surface area contributed by atoms with Gasteiger partial charge in [0.25, 0.3) is 0 Å². The summed E-state index contributed by atoms with van der Waals surface area (Å²) in [6.45, 7) is 1.37. The lowest BCUT2D eigenvalue weighted by Crippen LogP contribution is -1.99. The predicted molar refractivity (Wildman–Crippen MR) is 76.9 cm³/mol. The highest BCUT2D eigenvalue weighted by molar-refractivity contribution is 5.62. The van der Waals surface area contributed by atoms with Crippen LogP contribution in [0.5, 0.6) is 11.5 Å². The zero-order chi connectivity index (χ0) is 13.8. The highest BCUT2D eigenvalue weighted by Crippen LogP contribution is 2.33. The molecule has 0 saturated heterocycles. The molecule has 0 unspecified atom stereocenters. The van der Waals surface area contributed by atoms with Crippen LogP contribution in [-0.4, -0.2) is 30.2 Å². The number of rotatable bonds is 3. The monoisotopic (exact) mass is 272 g/mol. The number of hydrogen-bond donors (Lipinski definition) is 2. The summed E-state index contributed by atoms with van der Waals surface area (Å²) in [6, 6.07) is 7.60. The van der Waals surface area contributed by atoms with E-state index < -0.39 is 0 Å². The van der Waals surface area contributed by atoms with E-state index >= 15 is 0 Å². The summed E-state index contributed by atoms with van der Waals surface area (Å²) in [6.07, 6.45) is 2.41. The van der Waals surface area contributed by atoms with Crippen molar-refractivity contribution in [2.45, 2.75) is 6.42 Å². The van der Waals surface area contributed by atoms with E-state index in [-0.39, 0.29) is 0 Å². The number of ether oxygens (including phenoxy) is 2. The van der Waals surface area contributed by atoms with Gasteiger partial charge in [-0.3, -0.25) is 0 Å². The van der Waals surface area contributed by atoms with Gasteiger partial charge in [-0.05, 0) is 12.1 Å². The molecular weight excluding hydrogens is 256 g/mol. The van der Waals surface area contributed by atoms with Gasteiger partial charge < -0.3 is 20.1 Å². The Kier molecular flexibility index (Phi) is 3.54. The predicted octanol–water partition coefficient (Wildman–Crippen LogP) is 2.42. The molecule has 2 aromatic rings. The fraction of sp³-hybridized carbons (Fsp3) is 0.286. The molecule has 20 heavy (non-hydrogen) atoms. The van der Waals surface area contributed by atoms with Crippen molar-refractivity contribution >= 4 is 17.3 Å². The molecule has 0 atom stereocenters. The first-order valence-electron chi connectivity index (χ1n) is 6.51. The van der Waals surface area contributed by atoms with Gasteiger partial charge in [-0.2, -0.15) is 0 Å². The molecule has 3 rings (SSSR count). The molecule has 1 aromatic carbocycles. The number of aromatic nitrogens is 2. The highest BCUT2D eigenvalue weighted by Gasteiger charge is 2.10. The summed E-state index contributed by atoms with van der Waals surface area (Å²) in [4.78, 5) is 8.25. The fourth-order valence-corrected chi connectivity index (χ4v) is 1.95. The van der Waals surface area contributed by atoms with Gasteiger partial charge in [0.15, 0.2) is 11.5 Å². The standard InChI is InChI=1S/C14H16N4O2/c1-15-13-8-14(17-9-16-13)18-10-3-4-11-12(7-10)20-6-2-5-19-11/h3-4,7-9H,2,5-6H2,1H3,(H2,15,16,17,18). The van der Waals surface area contributed by atoms with E-state index in [4.69, 9.17) is 9.47 Å². The average Bonchev–Trinajstić information content (AvgIpc) is 2.72. The molecule has 2 heterocycles. The summed E-state index contributed by atoms with van der Waals surface area (Å²) in [5, 5.41) is 6.20. The molecule has 0 radical (unpaired) electrons. The molecule has 6 nitrogen and oxygen atoms in total. The van der Waals surface area contributed by atoms with Gasteiger partial charge in [-0.15, -0.1) is 0 Å². The Bertz CT molecular complexity index is 603. The second kappa shape index (κ2) is 5.64. The molecule has 0 saturated carbocycles. The Hall–Kier alpha value is -2.50. The lowest BCUT2D eigenvalue weighted by Gasteiger charge is -2.11. The van der Waals surface area contributed by atoms with Crippen LogP contribution in [0.2, 0.25) is 0 Å². The first kappa shape index (κ1) is 12.5. The van der Waals surface area contributed by atoms with Crippen LogP contribution < -0.4 is 20.1 Å². The van der Waals surface area contributed by atoms with Crippen molar-refractivity contribution in [3.8, 4) is 11.5 Å². The van der Waals surface area contributed by atoms with Gasteiger partial charge in [0.1, 0.15) is 18.0 Å². The molecule has 0 spiro atoms. The van der Waals surface area contributed by atoms with Crippen molar-refractivity contribution in [2.24, 2.45) is 0 Å². The largest absolute Gasteiger partial charge is 0.490 e. The minimum atomic E-state index is 0.674.